The lowest BCUT2D eigenvalue weighted by Crippen LogP contribution is -2.57. The first kappa shape index (κ1) is 11.4. The number of nitrogens with one attached hydrogen (secondary N) is 2. The van der Waals surface area contributed by atoms with Crippen LogP contribution in [-0.2, 0) is 4.79 Å². The summed E-state index contributed by atoms with van der Waals surface area (Å²) in [4.78, 5) is 23.5. The normalized spacial score (nSPS) is 32.6. The Bertz CT molecular complexity index is 310. The molecule has 2 rings (SSSR count). The molecule has 2 atom stereocenters. The van der Waals surface area contributed by atoms with E-state index in [0.29, 0.717) is 5.92 Å². The summed E-state index contributed by atoms with van der Waals surface area (Å²) < 4.78 is 0. The van der Waals surface area contributed by atoms with Crippen LogP contribution in [0.2, 0.25) is 0 Å². The van der Waals surface area contributed by atoms with Gasteiger partial charge in [0.25, 0.3) is 5.91 Å². The van der Waals surface area contributed by atoms with Crippen molar-refractivity contribution in [1.29, 1.82) is 0 Å². The van der Waals surface area contributed by atoms with E-state index in [9.17, 15) is 9.59 Å². The molecular weight excluding hydrogens is 204 g/mol. The zero-order chi connectivity index (χ0) is 11.8. The third-order valence-electron chi connectivity index (χ3n) is 4.31. The first-order chi connectivity index (χ1) is 7.61. The summed E-state index contributed by atoms with van der Waals surface area (Å²) in [6.07, 6.45) is 5.36. The number of amides is 3. The van der Waals surface area contributed by atoms with Crippen molar-refractivity contribution in [2.75, 3.05) is 0 Å². The number of carbonyl (C=O) groups is 2. The summed E-state index contributed by atoms with van der Waals surface area (Å²) in [5, 5.41) is 5.32. The minimum absolute atomic E-state index is 0.112. The molecular formula is C12H20N2O2. The molecule has 2 aliphatic rings. The van der Waals surface area contributed by atoms with Gasteiger partial charge < -0.3 is 5.32 Å². The van der Waals surface area contributed by atoms with E-state index in [0.717, 1.165) is 19.3 Å². The van der Waals surface area contributed by atoms with Gasteiger partial charge >= 0.3 is 6.03 Å². The van der Waals surface area contributed by atoms with Crippen LogP contribution in [0.5, 0.6) is 0 Å². The van der Waals surface area contributed by atoms with Gasteiger partial charge in [0.15, 0.2) is 0 Å². The third-order valence-corrected chi connectivity index (χ3v) is 4.31. The molecule has 0 bridgehead atoms. The monoisotopic (exact) mass is 224 g/mol. The first-order valence-corrected chi connectivity index (χ1v) is 6.24. The summed E-state index contributed by atoms with van der Waals surface area (Å²) in [5.74, 6) is 0.398. The van der Waals surface area contributed by atoms with Gasteiger partial charge in [0, 0.05) is 0 Å². The van der Waals surface area contributed by atoms with Crippen LogP contribution >= 0.6 is 0 Å². The number of urea groups is 1. The van der Waals surface area contributed by atoms with Crippen LogP contribution in [-0.4, -0.2) is 17.5 Å². The van der Waals surface area contributed by atoms with Crippen molar-refractivity contribution in [3.63, 3.8) is 0 Å². The average molecular weight is 224 g/mol. The summed E-state index contributed by atoms with van der Waals surface area (Å²) in [6, 6.07) is -0.322. The van der Waals surface area contributed by atoms with Gasteiger partial charge in [-0.15, -0.1) is 0 Å². The quantitative estimate of drug-likeness (QED) is 0.718. The number of hydrogen-bond donors (Lipinski definition) is 2. The minimum atomic E-state index is -0.637. The molecule has 3 amide bonds. The topological polar surface area (TPSA) is 58.2 Å². The summed E-state index contributed by atoms with van der Waals surface area (Å²) in [7, 11) is 0. The lowest BCUT2D eigenvalue weighted by molar-refractivity contribution is -0.128. The fourth-order valence-electron chi connectivity index (χ4n) is 3.22. The highest BCUT2D eigenvalue weighted by Crippen LogP contribution is 2.41. The zero-order valence-corrected chi connectivity index (χ0v) is 10.0. The molecule has 1 saturated heterocycles. The maximum atomic E-state index is 12.1. The molecule has 1 heterocycles. The Balaban J connectivity index is 2.31. The van der Waals surface area contributed by atoms with Crippen molar-refractivity contribution in [3.05, 3.63) is 0 Å². The number of carbonyl (C=O) groups excluding carboxylic acids is 2. The van der Waals surface area contributed by atoms with Crippen LogP contribution in [0.15, 0.2) is 0 Å². The highest BCUT2D eigenvalue weighted by Gasteiger charge is 2.54. The van der Waals surface area contributed by atoms with E-state index in [2.05, 4.69) is 24.5 Å². The molecule has 2 fully saturated rings. The molecule has 1 saturated carbocycles. The Morgan fingerprint density at radius 2 is 2.00 bits per heavy atom. The Kier molecular flexibility index (Phi) is 2.91. The maximum absolute atomic E-state index is 12.1. The van der Waals surface area contributed by atoms with Crippen molar-refractivity contribution >= 4 is 11.9 Å². The van der Waals surface area contributed by atoms with Crippen LogP contribution in [0.1, 0.15) is 46.0 Å². The van der Waals surface area contributed by atoms with Crippen molar-refractivity contribution in [2.45, 2.75) is 51.5 Å². The van der Waals surface area contributed by atoms with E-state index in [1.165, 1.54) is 12.8 Å². The standard InChI is InChI=1S/C12H20N2O2/c1-3-8(2)12(9-6-4-5-7-9)10(15)13-11(16)14-12/h8-9H,3-7H2,1-2H3,(H2,13,14,15,16)/t8-,12+/m1/s1. The van der Waals surface area contributed by atoms with E-state index < -0.39 is 5.54 Å². The molecule has 0 aromatic heterocycles. The van der Waals surface area contributed by atoms with Crippen molar-refractivity contribution in [3.8, 4) is 0 Å². The molecule has 4 nitrogen and oxygen atoms in total. The maximum Gasteiger partial charge on any atom is 0.322 e. The third kappa shape index (κ3) is 1.51. The molecule has 2 N–H and O–H groups in total. The van der Waals surface area contributed by atoms with Crippen molar-refractivity contribution < 1.29 is 9.59 Å². The molecule has 16 heavy (non-hydrogen) atoms. The summed E-state index contributed by atoms with van der Waals surface area (Å²) in [6.45, 7) is 4.13. The average Bonchev–Trinajstić information content (AvgIpc) is 2.85. The SMILES string of the molecule is CC[C@@H](C)[C@@]1(C2CCCC2)NC(=O)NC1=O. The molecule has 1 aliphatic heterocycles. The second kappa shape index (κ2) is 4.07. The molecule has 0 radical (unpaired) electrons. The van der Waals surface area contributed by atoms with Crippen LogP contribution in [0.25, 0.3) is 0 Å². The van der Waals surface area contributed by atoms with Crippen LogP contribution in [0, 0.1) is 11.8 Å². The lowest BCUT2D eigenvalue weighted by atomic mass is 9.72. The van der Waals surface area contributed by atoms with Gasteiger partial charge in [-0.05, 0) is 24.7 Å². The number of imide groups is 1. The second-order valence-corrected chi connectivity index (χ2v) is 5.07. The van der Waals surface area contributed by atoms with Gasteiger partial charge in [-0.25, -0.2) is 4.79 Å². The van der Waals surface area contributed by atoms with Crippen LogP contribution < -0.4 is 10.6 Å². The lowest BCUT2D eigenvalue weighted by Gasteiger charge is -2.37. The summed E-state index contributed by atoms with van der Waals surface area (Å²) >= 11 is 0. The van der Waals surface area contributed by atoms with E-state index in [-0.39, 0.29) is 17.9 Å². The van der Waals surface area contributed by atoms with Crippen LogP contribution in [0.3, 0.4) is 0 Å². The molecule has 90 valence electrons. The zero-order valence-electron chi connectivity index (χ0n) is 10.0. The Hall–Kier alpha value is -1.06. The highest BCUT2D eigenvalue weighted by molar-refractivity contribution is 6.07. The van der Waals surface area contributed by atoms with E-state index in [1.54, 1.807) is 0 Å². The van der Waals surface area contributed by atoms with Gasteiger partial charge in [0.05, 0.1) is 0 Å². The predicted molar refractivity (Wildman–Crippen MR) is 60.8 cm³/mol. The van der Waals surface area contributed by atoms with E-state index >= 15 is 0 Å². The molecule has 0 aromatic rings. The smallest absolute Gasteiger partial charge is 0.322 e. The van der Waals surface area contributed by atoms with Crippen molar-refractivity contribution in [2.24, 2.45) is 11.8 Å². The molecule has 1 aliphatic carbocycles. The Morgan fingerprint density at radius 1 is 1.38 bits per heavy atom. The van der Waals surface area contributed by atoms with Crippen molar-refractivity contribution in [1.82, 2.24) is 10.6 Å². The Morgan fingerprint density at radius 3 is 2.44 bits per heavy atom. The molecule has 0 unspecified atom stereocenters. The van der Waals surface area contributed by atoms with Gasteiger partial charge in [-0.2, -0.15) is 0 Å². The molecule has 4 heteroatoms. The number of hydrogen-bond acceptors (Lipinski definition) is 2. The second-order valence-electron chi connectivity index (χ2n) is 5.07. The van der Waals surface area contributed by atoms with Gasteiger partial charge in [-0.1, -0.05) is 33.1 Å². The van der Waals surface area contributed by atoms with Gasteiger partial charge in [0.2, 0.25) is 0 Å². The molecule has 0 aromatic carbocycles. The molecule has 0 spiro atoms. The highest BCUT2D eigenvalue weighted by atomic mass is 16.2. The summed E-state index contributed by atoms with van der Waals surface area (Å²) in [5.41, 5.74) is -0.637. The fraction of sp³-hybridized carbons (Fsp3) is 0.833. The van der Waals surface area contributed by atoms with Gasteiger partial charge in [0.1, 0.15) is 5.54 Å². The number of rotatable bonds is 3. The van der Waals surface area contributed by atoms with E-state index in [4.69, 9.17) is 0 Å². The largest absolute Gasteiger partial charge is 0.323 e. The van der Waals surface area contributed by atoms with E-state index in [1.807, 2.05) is 0 Å². The minimum Gasteiger partial charge on any atom is -0.323 e. The predicted octanol–water partition coefficient (Wildman–Crippen LogP) is 1.80. The van der Waals surface area contributed by atoms with Crippen LogP contribution in [0.4, 0.5) is 4.79 Å². The fourth-order valence-corrected chi connectivity index (χ4v) is 3.22. The van der Waals surface area contributed by atoms with Gasteiger partial charge in [-0.3, -0.25) is 10.1 Å². The first-order valence-electron chi connectivity index (χ1n) is 6.24. The Labute approximate surface area is 96.2 Å².